The van der Waals surface area contributed by atoms with Crippen LogP contribution >= 0.6 is 0 Å². The molecular weight excluding hydrogens is 435 g/mol. The van der Waals surface area contributed by atoms with Crippen LogP contribution in [0.25, 0.3) is 11.1 Å². The Labute approximate surface area is 177 Å². The number of halogens is 3. The molecule has 1 amide bonds. The summed E-state index contributed by atoms with van der Waals surface area (Å²) in [6, 6.07) is 8.62. The molecule has 1 aliphatic rings. The van der Waals surface area contributed by atoms with Crippen LogP contribution in [0.15, 0.2) is 48.8 Å². The topological polar surface area (TPSA) is 121 Å². The van der Waals surface area contributed by atoms with Crippen LogP contribution in [0.1, 0.15) is 5.69 Å². The molecule has 0 saturated heterocycles. The first-order valence-electron chi connectivity index (χ1n) is 9.15. The molecule has 0 bridgehead atoms. The molecule has 1 N–H and O–H groups in total. The van der Waals surface area contributed by atoms with Gasteiger partial charge in [-0.2, -0.15) is 13.2 Å². The number of amides is 1. The predicted molar refractivity (Wildman–Crippen MR) is 103 cm³/mol. The summed E-state index contributed by atoms with van der Waals surface area (Å²) >= 11 is 0. The number of rotatable bonds is 4. The average molecular weight is 449 g/mol. The summed E-state index contributed by atoms with van der Waals surface area (Å²) < 4.78 is 49.8. The highest BCUT2D eigenvalue weighted by molar-refractivity contribution is 5.85. The van der Waals surface area contributed by atoms with E-state index in [-0.39, 0.29) is 25.0 Å². The first-order chi connectivity index (χ1) is 15.2. The van der Waals surface area contributed by atoms with E-state index in [0.29, 0.717) is 16.8 Å². The fourth-order valence-corrected chi connectivity index (χ4v) is 3.01. The maximum atomic E-state index is 12.6. The number of fused-ring (bicyclic) bond motifs is 1. The second-order valence-electron chi connectivity index (χ2n) is 6.76. The van der Waals surface area contributed by atoms with Gasteiger partial charge in [-0.25, -0.2) is 4.79 Å². The van der Waals surface area contributed by atoms with Crippen molar-refractivity contribution in [1.29, 1.82) is 0 Å². The number of hydrogen-bond donors (Lipinski definition) is 1. The molecule has 0 saturated carbocycles. The third-order valence-electron chi connectivity index (χ3n) is 4.51. The molecule has 3 heterocycles. The second kappa shape index (κ2) is 8.17. The summed E-state index contributed by atoms with van der Waals surface area (Å²) in [5, 5.41) is 13.3. The molecule has 166 valence electrons. The van der Waals surface area contributed by atoms with E-state index in [2.05, 4.69) is 15.3 Å². The lowest BCUT2D eigenvalue weighted by molar-refractivity contribution is -0.389. The number of carbonyl (C=O) groups excluding carboxylic acids is 1. The van der Waals surface area contributed by atoms with Gasteiger partial charge in [0.15, 0.2) is 6.10 Å². The number of pyridine rings is 1. The number of anilines is 1. The van der Waals surface area contributed by atoms with Gasteiger partial charge in [-0.1, -0.05) is 18.2 Å². The van der Waals surface area contributed by atoms with Gasteiger partial charge in [0.2, 0.25) is 0 Å². The Balaban J connectivity index is 1.34. The van der Waals surface area contributed by atoms with Crippen LogP contribution in [0.4, 0.5) is 29.5 Å². The molecule has 10 nitrogen and oxygen atoms in total. The smallest absolute Gasteiger partial charge is 0.433 e. The van der Waals surface area contributed by atoms with Gasteiger partial charge >= 0.3 is 24.1 Å². The van der Waals surface area contributed by atoms with Crippen LogP contribution in [0.2, 0.25) is 0 Å². The lowest BCUT2D eigenvalue weighted by atomic mass is 10.1. The van der Waals surface area contributed by atoms with Crippen LogP contribution in [-0.4, -0.2) is 38.3 Å². The third kappa shape index (κ3) is 4.61. The number of carbonyl (C=O) groups is 1. The van der Waals surface area contributed by atoms with E-state index in [4.69, 9.17) is 9.47 Å². The van der Waals surface area contributed by atoms with Crippen molar-refractivity contribution in [2.24, 2.45) is 0 Å². The van der Waals surface area contributed by atoms with Gasteiger partial charge in [0, 0.05) is 22.4 Å². The Morgan fingerprint density at radius 1 is 1.22 bits per heavy atom. The Kier molecular flexibility index (Phi) is 5.38. The summed E-state index contributed by atoms with van der Waals surface area (Å²) in [5.41, 5.74) is 0.512. The highest BCUT2D eigenvalue weighted by Crippen LogP contribution is 2.29. The van der Waals surface area contributed by atoms with Crippen LogP contribution in [-0.2, 0) is 17.5 Å². The predicted octanol–water partition coefficient (Wildman–Crippen LogP) is 3.88. The maximum absolute atomic E-state index is 12.6. The number of hydrogen-bond acceptors (Lipinski definition) is 7. The van der Waals surface area contributed by atoms with E-state index >= 15 is 0 Å². The molecule has 1 aromatic carbocycles. The average Bonchev–Trinajstić information content (AvgIpc) is 3.18. The molecule has 0 unspecified atom stereocenters. The number of nitro groups is 1. The molecule has 0 fully saturated rings. The van der Waals surface area contributed by atoms with Crippen LogP contribution < -0.4 is 10.1 Å². The summed E-state index contributed by atoms with van der Waals surface area (Å²) in [7, 11) is 0. The molecule has 0 radical (unpaired) electrons. The number of imidazole rings is 1. The summed E-state index contributed by atoms with van der Waals surface area (Å²) in [4.78, 5) is 29.4. The summed E-state index contributed by atoms with van der Waals surface area (Å²) in [6.07, 6.45) is -3.64. The number of alkyl halides is 3. The molecule has 2 aromatic heterocycles. The molecule has 3 aromatic rings. The summed E-state index contributed by atoms with van der Waals surface area (Å²) in [5.74, 6) is -0.367. The normalized spacial score (nSPS) is 15.4. The second-order valence-corrected chi connectivity index (χ2v) is 6.76. The van der Waals surface area contributed by atoms with E-state index in [1.807, 2.05) is 0 Å². The number of nitrogens with zero attached hydrogens (tertiary/aromatic N) is 4. The van der Waals surface area contributed by atoms with Crippen molar-refractivity contribution in [2.45, 2.75) is 18.8 Å². The quantitative estimate of drug-likeness (QED) is 0.474. The SMILES string of the molecule is O=C(Nc1ccc(-c2ccc(C(F)(F)F)nc2)cc1)O[C@@H]1COc2nc([N+](=O)[O-])cn2C1. The first kappa shape index (κ1) is 21.1. The van der Waals surface area contributed by atoms with E-state index in [9.17, 15) is 28.1 Å². The third-order valence-corrected chi connectivity index (χ3v) is 4.51. The molecule has 4 rings (SSSR count). The Bertz CT molecular complexity index is 1150. The van der Waals surface area contributed by atoms with Crippen LogP contribution in [0.5, 0.6) is 6.01 Å². The highest BCUT2D eigenvalue weighted by atomic mass is 19.4. The minimum Gasteiger partial charge on any atom is -0.442 e. The summed E-state index contributed by atoms with van der Waals surface area (Å²) in [6.45, 7) is 0.130. The number of benzene rings is 1. The number of nitrogens with one attached hydrogen (secondary N) is 1. The van der Waals surface area contributed by atoms with Crippen molar-refractivity contribution >= 4 is 17.6 Å². The molecule has 13 heteroatoms. The highest BCUT2D eigenvalue weighted by Gasteiger charge is 2.32. The molecule has 32 heavy (non-hydrogen) atoms. The van der Waals surface area contributed by atoms with Crippen molar-refractivity contribution in [3.63, 3.8) is 0 Å². The van der Waals surface area contributed by atoms with Gasteiger partial charge in [0.25, 0.3) is 0 Å². The zero-order chi connectivity index (χ0) is 22.9. The van der Waals surface area contributed by atoms with Gasteiger partial charge in [-0.15, -0.1) is 0 Å². The maximum Gasteiger partial charge on any atom is 0.433 e. The van der Waals surface area contributed by atoms with Gasteiger partial charge < -0.3 is 19.6 Å². The minimum absolute atomic E-state index is 0.0125. The van der Waals surface area contributed by atoms with Gasteiger partial charge in [-0.05, 0) is 28.7 Å². The molecule has 0 spiro atoms. The molecule has 1 atom stereocenters. The lowest BCUT2D eigenvalue weighted by Crippen LogP contribution is -2.35. The Hall–Kier alpha value is -4.16. The van der Waals surface area contributed by atoms with Crippen molar-refractivity contribution in [2.75, 3.05) is 11.9 Å². The Morgan fingerprint density at radius 2 is 1.94 bits per heavy atom. The van der Waals surface area contributed by atoms with Gasteiger partial charge in [0.1, 0.15) is 18.5 Å². The van der Waals surface area contributed by atoms with E-state index < -0.39 is 29.0 Å². The van der Waals surface area contributed by atoms with E-state index in [0.717, 1.165) is 12.3 Å². The van der Waals surface area contributed by atoms with E-state index in [1.165, 1.54) is 16.8 Å². The number of ether oxygens (including phenoxy) is 2. The molecule has 0 aliphatic carbocycles. The first-order valence-corrected chi connectivity index (χ1v) is 9.15. The monoisotopic (exact) mass is 449 g/mol. The largest absolute Gasteiger partial charge is 0.442 e. The van der Waals surface area contributed by atoms with Crippen molar-refractivity contribution in [3.8, 4) is 17.1 Å². The van der Waals surface area contributed by atoms with Crippen molar-refractivity contribution in [1.82, 2.24) is 14.5 Å². The number of aromatic nitrogens is 3. The van der Waals surface area contributed by atoms with Crippen LogP contribution in [0.3, 0.4) is 0 Å². The van der Waals surface area contributed by atoms with Gasteiger partial charge in [0.05, 0.1) is 6.54 Å². The zero-order valence-electron chi connectivity index (χ0n) is 16.1. The molecule has 1 aliphatic heterocycles. The minimum atomic E-state index is -4.51. The standard InChI is InChI=1S/C19H14F3N5O5/c20-19(21,22)15-6-3-12(7-23-15)11-1-4-13(5-2-11)24-18(28)32-14-8-26-9-16(27(29)30)25-17(26)31-10-14/h1-7,9,14H,8,10H2,(H,24,28)/t14-/m0/s1. The van der Waals surface area contributed by atoms with Crippen molar-refractivity contribution < 1.29 is 32.4 Å². The zero-order valence-corrected chi connectivity index (χ0v) is 16.1. The van der Waals surface area contributed by atoms with Gasteiger partial charge in [-0.3, -0.25) is 14.9 Å². The molecular formula is C19H14F3N5O5. The van der Waals surface area contributed by atoms with Crippen LogP contribution in [0, 0.1) is 10.1 Å². The fraction of sp³-hybridized carbons (Fsp3) is 0.211. The fourth-order valence-electron chi connectivity index (χ4n) is 3.01. The van der Waals surface area contributed by atoms with Crippen molar-refractivity contribution in [3.05, 3.63) is 64.6 Å². The Morgan fingerprint density at radius 3 is 2.56 bits per heavy atom. The van der Waals surface area contributed by atoms with E-state index in [1.54, 1.807) is 24.3 Å². The lowest BCUT2D eigenvalue weighted by Gasteiger charge is -2.22.